The summed E-state index contributed by atoms with van der Waals surface area (Å²) < 4.78 is 0. The van der Waals surface area contributed by atoms with Crippen LogP contribution in [0.1, 0.15) is 0 Å². The van der Waals surface area contributed by atoms with Crippen LogP contribution in [-0.4, -0.2) is 5.11 Å². The number of phenols is 1. The fourth-order valence-corrected chi connectivity index (χ4v) is 0.749. The van der Waals surface area contributed by atoms with Gasteiger partial charge in [-0.25, -0.2) is 12.1 Å². The molecule has 0 radical (unpaired) electrons. The number of hydrogen-bond donors (Lipinski definition) is 1. The summed E-state index contributed by atoms with van der Waals surface area (Å²) in [6, 6.07) is 18.7. The number of hydrogen-bond acceptors (Lipinski definition) is 1. The molecule has 2 aromatic rings. The van der Waals surface area contributed by atoms with E-state index in [1.165, 1.54) is 0 Å². The fraction of sp³-hybridized carbons (Fsp3) is 0. The quantitative estimate of drug-likeness (QED) is 0.713. The molecule has 1 N–H and O–H groups in total. The van der Waals surface area contributed by atoms with Gasteiger partial charge in [-0.3, -0.25) is 0 Å². The molecule has 0 fully saturated rings. The summed E-state index contributed by atoms with van der Waals surface area (Å²) in [5.41, 5.74) is 0. The fourth-order valence-electron chi connectivity index (χ4n) is 0.749. The van der Waals surface area contributed by atoms with Gasteiger partial charge in [0.15, 0.2) is 0 Å². The van der Waals surface area contributed by atoms with Crippen LogP contribution in [0.15, 0.2) is 60.7 Å². The molecule has 0 bridgehead atoms. The first-order valence-electron chi connectivity index (χ1n) is 3.80. The molecule has 0 aliphatic heterocycles. The first-order chi connectivity index (χ1) is 5.89. The maximum Gasteiger partial charge on any atom is 0.115 e. The summed E-state index contributed by atoms with van der Waals surface area (Å²) >= 11 is 0. The summed E-state index contributed by atoms with van der Waals surface area (Å²) in [6.07, 6.45) is 0. The van der Waals surface area contributed by atoms with Crippen LogP contribution in [0.3, 0.4) is 0 Å². The monoisotopic (exact) mass is 249 g/mol. The Labute approximate surface area is 97.5 Å². The summed E-state index contributed by atoms with van der Waals surface area (Å²) in [7, 11) is 0. The number of aromatic hydroxyl groups is 1. The predicted octanol–water partition coefficient (Wildman–Crippen LogP) is 2.80. The Hall–Kier alpha value is -0.747. The molecule has 0 amide bonds. The van der Waals surface area contributed by atoms with Gasteiger partial charge in [0.05, 0.1) is 0 Å². The second kappa shape index (κ2) is 7.88. The zero-order valence-electron chi connectivity index (χ0n) is 7.22. The van der Waals surface area contributed by atoms with E-state index in [1.54, 1.807) is 24.3 Å². The van der Waals surface area contributed by atoms with Crippen molar-refractivity contribution in [3.63, 3.8) is 0 Å². The van der Waals surface area contributed by atoms with Gasteiger partial charge in [-0.15, -0.1) is 0 Å². The first-order valence-corrected chi connectivity index (χ1v) is 3.80. The third-order valence-electron chi connectivity index (χ3n) is 1.31. The zero-order chi connectivity index (χ0) is 8.65. The molecule has 0 aromatic heterocycles. The van der Waals surface area contributed by atoms with Crippen molar-refractivity contribution in [3.8, 4) is 5.75 Å². The van der Waals surface area contributed by atoms with E-state index in [9.17, 15) is 0 Å². The molecule has 0 aliphatic carbocycles. The van der Waals surface area contributed by atoms with Crippen LogP contribution < -0.4 is 0 Å². The van der Waals surface area contributed by atoms with E-state index in [0.717, 1.165) is 0 Å². The molecule has 1 nitrogen and oxygen atoms in total. The van der Waals surface area contributed by atoms with E-state index in [4.69, 9.17) is 5.11 Å². The molecule has 0 atom stereocenters. The zero-order valence-corrected chi connectivity index (χ0v) is 9.68. The molecule has 2 rings (SSSR count). The van der Waals surface area contributed by atoms with Gasteiger partial charge in [0, 0.05) is 26.2 Å². The number of para-hydroxylation sites is 1. The van der Waals surface area contributed by atoms with Crippen LogP contribution in [0.5, 0.6) is 5.75 Å². The molecule has 0 heterocycles. The molecule has 0 spiro atoms. The van der Waals surface area contributed by atoms with Crippen molar-refractivity contribution in [1.82, 2.24) is 0 Å². The minimum atomic E-state index is 0. The maximum atomic E-state index is 8.63. The second-order valence-electron chi connectivity index (χ2n) is 2.30. The molecule has 2 heteroatoms. The van der Waals surface area contributed by atoms with Crippen LogP contribution >= 0.6 is 0 Å². The van der Waals surface area contributed by atoms with E-state index in [1.807, 2.05) is 36.4 Å². The van der Waals surface area contributed by atoms with Gasteiger partial charge >= 0.3 is 0 Å². The molecule has 2 aromatic carbocycles. The van der Waals surface area contributed by atoms with Gasteiger partial charge in [-0.2, -0.15) is 18.2 Å². The van der Waals surface area contributed by atoms with E-state index in [2.05, 4.69) is 0 Å². The van der Waals surface area contributed by atoms with Crippen LogP contribution in [0.2, 0.25) is 0 Å². The minimum absolute atomic E-state index is 0. The Morgan fingerprint density at radius 1 is 0.846 bits per heavy atom. The Bertz CT molecular complexity index is 259. The topological polar surface area (TPSA) is 20.2 Å². The third-order valence-corrected chi connectivity index (χ3v) is 1.31. The summed E-state index contributed by atoms with van der Waals surface area (Å²) in [6.45, 7) is 0. The van der Waals surface area contributed by atoms with Crippen molar-refractivity contribution >= 4 is 0 Å². The van der Waals surface area contributed by atoms with Gasteiger partial charge in [0.2, 0.25) is 0 Å². The van der Waals surface area contributed by atoms with Gasteiger partial charge in [-0.05, 0) is 12.1 Å². The number of rotatable bonds is 0. The molecule has 0 saturated heterocycles. The third kappa shape index (κ3) is 6.42. The first kappa shape index (κ1) is 12.3. The van der Waals surface area contributed by atoms with Crippen LogP contribution in [0.25, 0.3) is 0 Å². The van der Waals surface area contributed by atoms with E-state index in [0.29, 0.717) is 5.75 Å². The van der Waals surface area contributed by atoms with E-state index in [-0.39, 0.29) is 26.2 Å². The van der Waals surface area contributed by atoms with E-state index < -0.39 is 0 Å². The van der Waals surface area contributed by atoms with Crippen molar-refractivity contribution < 1.29 is 31.3 Å². The Morgan fingerprint density at radius 3 is 1.62 bits per heavy atom. The van der Waals surface area contributed by atoms with Crippen LogP contribution in [-0.2, 0) is 26.2 Å². The van der Waals surface area contributed by atoms with Crippen molar-refractivity contribution in [1.29, 1.82) is 0 Å². The summed E-state index contributed by atoms with van der Waals surface area (Å²) in [5.74, 6) is 0.322. The molecule has 0 aliphatic rings. The predicted molar refractivity (Wildman–Crippen MR) is 50.1 cm³/mol. The standard InChI is InChI=1S/C6H6O.C5H5.Zr/c7-6-4-2-1-3-5-6;1-2-4-5-3-1;/h1-5,7H;1-5H;/q;-1;. The SMILES string of the molecule is Oc1ccccc1.[Zr].c1cc[cH-]c1. The maximum absolute atomic E-state index is 8.63. The van der Waals surface area contributed by atoms with Crippen molar-refractivity contribution in [2.75, 3.05) is 0 Å². The summed E-state index contributed by atoms with van der Waals surface area (Å²) in [4.78, 5) is 0. The Morgan fingerprint density at radius 2 is 1.38 bits per heavy atom. The normalized spacial score (nSPS) is 7.69. The largest absolute Gasteiger partial charge is 0.508 e. The molecular weight excluding hydrogens is 239 g/mol. The average Bonchev–Trinajstić information content (AvgIpc) is 2.62. The Kier molecular flexibility index (Phi) is 7.43. The molecule has 13 heavy (non-hydrogen) atoms. The molecule has 0 unspecified atom stereocenters. The van der Waals surface area contributed by atoms with Gasteiger partial charge in [0.25, 0.3) is 0 Å². The van der Waals surface area contributed by atoms with Crippen molar-refractivity contribution in [2.24, 2.45) is 0 Å². The van der Waals surface area contributed by atoms with Crippen LogP contribution in [0.4, 0.5) is 0 Å². The smallest absolute Gasteiger partial charge is 0.115 e. The molecule has 0 saturated carbocycles. The average molecular weight is 250 g/mol. The van der Waals surface area contributed by atoms with Gasteiger partial charge in [0.1, 0.15) is 5.75 Å². The second-order valence-corrected chi connectivity index (χ2v) is 2.30. The minimum Gasteiger partial charge on any atom is -0.508 e. The number of phenolic OH excluding ortho intramolecular Hbond substituents is 1. The van der Waals surface area contributed by atoms with E-state index >= 15 is 0 Å². The Balaban J connectivity index is 0.000000215. The van der Waals surface area contributed by atoms with Gasteiger partial charge in [-0.1, -0.05) is 18.2 Å². The van der Waals surface area contributed by atoms with Crippen molar-refractivity contribution in [2.45, 2.75) is 0 Å². The summed E-state index contributed by atoms with van der Waals surface area (Å²) in [5, 5.41) is 8.63. The molecule has 66 valence electrons. The van der Waals surface area contributed by atoms with Crippen LogP contribution in [0, 0.1) is 0 Å². The number of benzene rings is 1. The molecular formula is C11H11OZr-. The van der Waals surface area contributed by atoms with Crippen molar-refractivity contribution in [3.05, 3.63) is 60.7 Å². The van der Waals surface area contributed by atoms with Gasteiger partial charge < -0.3 is 5.11 Å².